The molecule has 0 spiro atoms. The Bertz CT molecular complexity index is 948. The lowest BCUT2D eigenvalue weighted by molar-refractivity contribution is 0.102. The molecule has 7 nitrogen and oxygen atoms in total. The topological polar surface area (TPSA) is 93.7 Å². The van der Waals surface area contributed by atoms with Crippen molar-refractivity contribution in [3.05, 3.63) is 48.0 Å². The van der Waals surface area contributed by atoms with Crippen molar-refractivity contribution in [1.29, 1.82) is 0 Å². The lowest BCUT2D eigenvalue weighted by Crippen LogP contribution is -2.40. The molecule has 2 aromatic rings. The number of ether oxygens (including phenoxy) is 2. The zero-order valence-corrected chi connectivity index (χ0v) is 15.5. The minimum absolute atomic E-state index is 0.0331. The Morgan fingerprint density at radius 1 is 1.04 bits per heavy atom. The summed E-state index contributed by atoms with van der Waals surface area (Å²) in [6.45, 7) is 5.40. The van der Waals surface area contributed by atoms with E-state index < -0.39 is 21.5 Å². The van der Waals surface area contributed by atoms with Crippen molar-refractivity contribution >= 4 is 21.6 Å². The van der Waals surface area contributed by atoms with Gasteiger partial charge >= 0.3 is 0 Å². The first-order valence-corrected chi connectivity index (χ1v) is 9.47. The fourth-order valence-corrected chi connectivity index (χ4v) is 3.91. The third kappa shape index (κ3) is 4.14. The van der Waals surface area contributed by atoms with E-state index in [1.54, 1.807) is 45.0 Å². The van der Waals surface area contributed by atoms with E-state index in [2.05, 4.69) is 10.0 Å². The molecule has 0 aliphatic carbocycles. The van der Waals surface area contributed by atoms with E-state index in [-0.39, 0.29) is 17.3 Å². The smallest absolute Gasteiger partial charge is 0.255 e. The lowest BCUT2D eigenvalue weighted by Gasteiger charge is -2.20. The molecular formula is C18H20N2O5S. The molecule has 0 bridgehead atoms. The summed E-state index contributed by atoms with van der Waals surface area (Å²) in [4.78, 5) is 12.5. The van der Waals surface area contributed by atoms with Gasteiger partial charge in [0.15, 0.2) is 11.5 Å². The molecule has 2 N–H and O–H groups in total. The van der Waals surface area contributed by atoms with Crippen LogP contribution in [0.15, 0.2) is 47.4 Å². The molecule has 0 saturated carbocycles. The Labute approximate surface area is 152 Å². The number of rotatable bonds is 4. The number of anilines is 1. The van der Waals surface area contributed by atoms with Crippen LogP contribution in [0.25, 0.3) is 0 Å². The Morgan fingerprint density at radius 2 is 1.77 bits per heavy atom. The van der Waals surface area contributed by atoms with Gasteiger partial charge in [-0.05, 0) is 51.1 Å². The molecule has 1 aliphatic rings. The number of nitrogens with one attached hydrogen (secondary N) is 2. The molecule has 138 valence electrons. The molecule has 1 heterocycles. The zero-order valence-electron chi connectivity index (χ0n) is 14.7. The molecule has 1 amide bonds. The molecule has 3 rings (SSSR count). The van der Waals surface area contributed by atoms with Crippen LogP contribution < -0.4 is 19.5 Å². The zero-order chi connectivity index (χ0) is 18.9. The molecule has 0 saturated heterocycles. The molecule has 8 heteroatoms. The van der Waals surface area contributed by atoms with Crippen molar-refractivity contribution in [2.75, 3.05) is 12.1 Å². The van der Waals surface area contributed by atoms with Crippen LogP contribution in [0.1, 0.15) is 31.1 Å². The third-order valence-electron chi connectivity index (χ3n) is 3.48. The van der Waals surface area contributed by atoms with Crippen molar-refractivity contribution < 1.29 is 22.7 Å². The molecule has 0 fully saturated rings. The Hall–Kier alpha value is -2.58. The number of sulfonamides is 1. The van der Waals surface area contributed by atoms with Gasteiger partial charge in [-0.2, -0.15) is 0 Å². The van der Waals surface area contributed by atoms with E-state index in [0.717, 1.165) is 0 Å². The summed E-state index contributed by atoms with van der Waals surface area (Å²) < 4.78 is 37.9. The van der Waals surface area contributed by atoms with Gasteiger partial charge in [-0.1, -0.05) is 6.07 Å². The van der Waals surface area contributed by atoms with Crippen LogP contribution in [0, 0.1) is 0 Å². The molecule has 0 atom stereocenters. The average Bonchev–Trinajstić information content (AvgIpc) is 3.00. The summed E-state index contributed by atoms with van der Waals surface area (Å²) >= 11 is 0. The number of hydrogen-bond acceptors (Lipinski definition) is 5. The van der Waals surface area contributed by atoms with Crippen LogP contribution in [-0.4, -0.2) is 26.7 Å². The molecule has 1 aliphatic heterocycles. The van der Waals surface area contributed by atoms with Gasteiger partial charge in [0.1, 0.15) is 0 Å². The highest BCUT2D eigenvalue weighted by atomic mass is 32.2. The SMILES string of the molecule is CC(C)(C)NS(=O)(=O)c1cccc(C(=O)Nc2ccc3c(c2)OCO3)c1. The minimum Gasteiger partial charge on any atom is -0.454 e. The van der Waals surface area contributed by atoms with E-state index in [1.807, 2.05) is 0 Å². The number of hydrogen-bond donors (Lipinski definition) is 2. The summed E-state index contributed by atoms with van der Waals surface area (Å²) in [7, 11) is -3.72. The quantitative estimate of drug-likeness (QED) is 0.856. The molecule has 2 aromatic carbocycles. The van der Waals surface area contributed by atoms with Crippen molar-refractivity contribution in [3.63, 3.8) is 0 Å². The monoisotopic (exact) mass is 376 g/mol. The van der Waals surface area contributed by atoms with Gasteiger partial charge in [0, 0.05) is 22.9 Å². The van der Waals surface area contributed by atoms with E-state index in [0.29, 0.717) is 17.2 Å². The number of benzene rings is 2. The van der Waals surface area contributed by atoms with Crippen LogP contribution in [-0.2, 0) is 10.0 Å². The first-order chi connectivity index (χ1) is 12.1. The van der Waals surface area contributed by atoms with Crippen LogP contribution in [0.3, 0.4) is 0 Å². The number of amides is 1. The normalized spacial score (nSPS) is 13.5. The maximum atomic E-state index is 12.5. The van der Waals surface area contributed by atoms with Crippen molar-refractivity contribution in [3.8, 4) is 11.5 Å². The highest BCUT2D eigenvalue weighted by Crippen LogP contribution is 2.34. The molecular weight excluding hydrogens is 356 g/mol. The van der Waals surface area contributed by atoms with Crippen molar-refractivity contribution in [2.24, 2.45) is 0 Å². The van der Waals surface area contributed by atoms with Gasteiger partial charge in [-0.3, -0.25) is 4.79 Å². The molecule has 0 radical (unpaired) electrons. The highest BCUT2D eigenvalue weighted by Gasteiger charge is 2.23. The van der Waals surface area contributed by atoms with Gasteiger partial charge in [0.25, 0.3) is 5.91 Å². The highest BCUT2D eigenvalue weighted by molar-refractivity contribution is 7.89. The summed E-state index contributed by atoms with van der Waals surface area (Å²) in [6.07, 6.45) is 0. The third-order valence-corrected chi connectivity index (χ3v) is 5.23. The van der Waals surface area contributed by atoms with E-state index in [9.17, 15) is 13.2 Å². The fourth-order valence-electron chi connectivity index (χ4n) is 2.44. The summed E-state index contributed by atoms with van der Waals surface area (Å²) in [5.41, 5.74) is 0.142. The second kappa shape index (κ2) is 6.62. The first-order valence-electron chi connectivity index (χ1n) is 7.99. The first kappa shape index (κ1) is 18.2. The number of carbonyl (C=O) groups excluding carboxylic acids is 1. The Balaban J connectivity index is 1.80. The van der Waals surface area contributed by atoms with Gasteiger partial charge in [-0.25, -0.2) is 13.1 Å². The molecule has 0 unspecified atom stereocenters. The maximum absolute atomic E-state index is 12.5. The average molecular weight is 376 g/mol. The number of carbonyl (C=O) groups is 1. The predicted octanol–water partition coefficient (Wildman–Crippen LogP) is 2.74. The van der Waals surface area contributed by atoms with Crippen molar-refractivity contribution in [1.82, 2.24) is 4.72 Å². The largest absolute Gasteiger partial charge is 0.454 e. The van der Waals surface area contributed by atoms with Gasteiger partial charge in [0.05, 0.1) is 4.90 Å². The minimum atomic E-state index is -3.72. The Morgan fingerprint density at radius 3 is 2.50 bits per heavy atom. The number of fused-ring (bicyclic) bond motifs is 1. The predicted molar refractivity (Wildman–Crippen MR) is 97.0 cm³/mol. The standard InChI is InChI=1S/C18H20N2O5S/c1-18(2,3)20-26(22,23)14-6-4-5-12(9-14)17(21)19-13-7-8-15-16(10-13)25-11-24-15/h4-10,20H,11H2,1-3H3,(H,19,21). The van der Waals surface area contributed by atoms with Gasteiger partial charge in [-0.15, -0.1) is 0 Å². The molecule has 0 aromatic heterocycles. The van der Waals surface area contributed by atoms with Crippen molar-refractivity contribution in [2.45, 2.75) is 31.2 Å². The van der Waals surface area contributed by atoms with E-state index >= 15 is 0 Å². The fraction of sp³-hybridized carbons (Fsp3) is 0.278. The van der Waals surface area contributed by atoms with Crippen LogP contribution >= 0.6 is 0 Å². The van der Waals surface area contributed by atoms with E-state index in [1.165, 1.54) is 18.2 Å². The van der Waals surface area contributed by atoms with E-state index in [4.69, 9.17) is 9.47 Å². The molecule has 26 heavy (non-hydrogen) atoms. The summed E-state index contributed by atoms with van der Waals surface area (Å²) in [5, 5.41) is 2.73. The summed E-state index contributed by atoms with van der Waals surface area (Å²) in [6, 6.07) is 10.9. The lowest BCUT2D eigenvalue weighted by atomic mass is 10.1. The summed E-state index contributed by atoms with van der Waals surface area (Å²) in [5.74, 6) is 0.745. The van der Waals surface area contributed by atoms with Gasteiger partial charge < -0.3 is 14.8 Å². The second-order valence-corrected chi connectivity index (χ2v) is 8.59. The van der Waals surface area contributed by atoms with Gasteiger partial charge in [0.2, 0.25) is 16.8 Å². The Kier molecular flexibility index (Phi) is 4.64. The maximum Gasteiger partial charge on any atom is 0.255 e. The van der Waals surface area contributed by atoms with Crippen LogP contribution in [0.2, 0.25) is 0 Å². The second-order valence-electron chi connectivity index (χ2n) is 6.91. The van der Waals surface area contributed by atoms with Crippen LogP contribution in [0.4, 0.5) is 5.69 Å². The van der Waals surface area contributed by atoms with Crippen LogP contribution in [0.5, 0.6) is 11.5 Å².